The molecule has 0 amide bonds. The first-order valence-corrected chi connectivity index (χ1v) is 2.31. The van der Waals surface area contributed by atoms with Gasteiger partial charge in [-0.1, -0.05) is 6.58 Å². The topological polar surface area (TPSA) is 66.8 Å². The van der Waals surface area contributed by atoms with Crippen LogP contribution in [0.1, 0.15) is 6.92 Å². The van der Waals surface area contributed by atoms with Crippen LogP contribution in [0.3, 0.4) is 0 Å². The first-order chi connectivity index (χ1) is 4.22. The van der Waals surface area contributed by atoms with Gasteiger partial charge in [0.1, 0.15) is 0 Å². The molecule has 0 aromatic carbocycles. The lowest BCUT2D eigenvalue weighted by molar-refractivity contribution is -0.228. The van der Waals surface area contributed by atoms with E-state index in [9.17, 15) is 4.79 Å². The van der Waals surface area contributed by atoms with Gasteiger partial charge in [-0.15, -0.1) is 0 Å². The van der Waals surface area contributed by atoms with Gasteiger partial charge >= 0.3 is 5.97 Å². The molecule has 2 N–H and O–H groups in total. The van der Waals surface area contributed by atoms with Gasteiger partial charge in [0, 0.05) is 12.7 Å². The molecule has 0 aliphatic rings. The summed E-state index contributed by atoms with van der Waals surface area (Å²) in [4.78, 5) is 12.7. The summed E-state index contributed by atoms with van der Waals surface area (Å²) in [6.07, 6.45) is 0.861. The highest BCUT2D eigenvalue weighted by Gasteiger charge is 1.85. The van der Waals surface area contributed by atoms with E-state index in [1.165, 1.54) is 0 Å². The van der Waals surface area contributed by atoms with Crippen molar-refractivity contribution in [3.63, 3.8) is 0 Å². The third-order valence-corrected chi connectivity index (χ3v) is 0.257. The molecule has 0 atom stereocenters. The van der Waals surface area contributed by atoms with Crippen molar-refractivity contribution in [2.45, 2.75) is 6.92 Å². The number of carbonyl (C=O) groups is 1. The number of hydrogen-bond donors (Lipinski definition) is 2. The van der Waals surface area contributed by atoms with Crippen molar-refractivity contribution in [2.24, 2.45) is 0 Å². The van der Waals surface area contributed by atoms with Crippen LogP contribution in [-0.4, -0.2) is 22.9 Å². The minimum atomic E-state index is -0.838. The van der Waals surface area contributed by atoms with Crippen molar-refractivity contribution < 1.29 is 20.0 Å². The molecule has 0 saturated carbocycles. The first-order valence-electron chi connectivity index (χ1n) is 2.31. The van der Waals surface area contributed by atoms with E-state index in [2.05, 4.69) is 11.5 Å². The second-order valence-corrected chi connectivity index (χ2v) is 0.931. The zero-order chi connectivity index (χ0) is 7.70. The lowest BCUT2D eigenvalue weighted by Crippen LogP contribution is -1.92. The Morgan fingerprint density at radius 3 is 2.22 bits per heavy atom. The number of aliphatic hydroxyl groups is 1. The zero-order valence-corrected chi connectivity index (χ0v) is 5.20. The molecule has 0 aromatic rings. The molecular formula is C5H10O4. The van der Waals surface area contributed by atoms with Crippen LogP contribution < -0.4 is 0 Å². The number of aliphatic hydroxyl groups excluding tert-OH is 1. The Hall–Kier alpha value is -0.870. The SMILES string of the molecule is C=CC(=O)OO.CCO. The van der Waals surface area contributed by atoms with Gasteiger partial charge in [-0.3, -0.25) is 4.89 Å². The molecule has 9 heavy (non-hydrogen) atoms. The summed E-state index contributed by atoms with van der Waals surface area (Å²) in [6, 6.07) is 0. The quantitative estimate of drug-likeness (QED) is 0.305. The molecular weight excluding hydrogens is 124 g/mol. The second kappa shape index (κ2) is 10.2. The smallest absolute Gasteiger partial charge is 0.365 e. The Bertz CT molecular complexity index is 79.0. The predicted octanol–water partition coefficient (Wildman–Crippen LogP) is 0.187. The Kier molecular flexibility index (Phi) is 12.4. The van der Waals surface area contributed by atoms with Crippen LogP contribution >= 0.6 is 0 Å². The molecule has 0 heterocycles. The lowest BCUT2D eigenvalue weighted by Gasteiger charge is -1.78. The fourth-order valence-electron chi connectivity index (χ4n) is 0.0373. The van der Waals surface area contributed by atoms with Gasteiger partial charge in [0.2, 0.25) is 0 Å². The van der Waals surface area contributed by atoms with E-state index in [0.29, 0.717) is 0 Å². The van der Waals surface area contributed by atoms with E-state index >= 15 is 0 Å². The van der Waals surface area contributed by atoms with Crippen LogP contribution in [0, 0.1) is 0 Å². The summed E-state index contributed by atoms with van der Waals surface area (Å²) < 4.78 is 0. The zero-order valence-electron chi connectivity index (χ0n) is 5.20. The van der Waals surface area contributed by atoms with Crippen LogP contribution in [0.5, 0.6) is 0 Å². The molecule has 0 bridgehead atoms. The van der Waals surface area contributed by atoms with Gasteiger partial charge in [-0.05, 0) is 6.92 Å². The average Bonchev–Trinajstić information content (AvgIpc) is 1.88. The molecule has 0 aliphatic carbocycles. The summed E-state index contributed by atoms with van der Waals surface area (Å²) in [6.45, 7) is 4.93. The standard InChI is InChI=1S/C3H4O3.C2H6O/c1-2-3(4)6-5;1-2-3/h2,5H,1H2;3H,2H2,1H3. The molecule has 4 nitrogen and oxygen atoms in total. The van der Waals surface area contributed by atoms with E-state index < -0.39 is 5.97 Å². The van der Waals surface area contributed by atoms with Gasteiger partial charge in [0.25, 0.3) is 0 Å². The molecule has 0 fully saturated rings. The van der Waals surface area contributed by atoms with E-state index in [1.807, 2.05) is 0 Å². The average molecular weight is 134 g/mol. The summed E-state index contributed by atoms with van der Waals surface area (Å²) in [5, 5.41) is 15.0. The maximum absolute atomic E-state index is 9.59. The van der Waals surface area contributed by atoms with Crippen molar-refractivity contribution in [1.82, 2.24) is 0 Å². The Labute approximate surface area is 53.3 Å². The molecule has 54 valence electrons. The van der Waals surface area contributed by atoms with Crippen molar-refractivity contribution in [2.75, 3.05) is 6.61 Å². The highest BCUT2D eigenvalue weighted by atomic mass is 17.1. The third kappa shape index (κ3) is 19.2. The van der Waals surface area contributed by atoms with Gasteiger partial charge in [0.05, 0.1) is 0 Å². The van der Waals surface area contributed by atoms with E-state index in [0.717, 1.165) is 6.08 Å². The largest absolute Gasteiger partial charge is 0.397 e. The summed E-state index contributed by atoms with van der Waals surface area (Å²) in [5.74, 6) is -0.838. The number of rotatable bonds is 1. The summed E-state index contributed by atoms with van der Waals surface area (Å²) in [5.41, 5.74) is 0. The molecule has 0 unspecified atom stereocenters. The van der Waals surface area contributed by atoms with Gasteiger partial charge in [0.15, 0.2) is 0 Å². The summed E-state index contributed by atoms with van der Waals surface area (Å²) in [7, 11) is 0. The molecule has 0 saturated heterocycles. The second-order valence-electron chi connectivity index (χ2n) is 0.931. The van der Waals surface area contributed by atoms with Gasteiger partial charge < -0.3 is 5.11 Å². The minimum Gasteiger partial charge on any atom is -0.397 e. The highest BCUT2D eigenvalue weighted by molar-refractivity contribution is 5.80. The van der Waals surface area contributed by atoms with Gasteiger partial charge in [-0.25, -0.2) is 4.79 Å². The first kappa shape index (κ1) is 11.0. The maximum atomic E-state index is 9.59. The fourth-order valence-corrected chi connectivity index (χ4v) is 0.0373. The fraction of sp³-hybridized carbons (Fsp3) is 0.400. The van der Waals surface area contributed by atoms with E-state index in [-0.39, 0.29) is 6.61 Å². The highest BCUT2D eigenvalue weighted by Crippen LogP contribution is 1.67. The van der Waals surface area contributed by atoms with E-state index in [1.54, 1.807) is 6.92 Å². The van der Waals surface area contributed by atoms with Crippen molar-refractivity contribution in [3.05, 3.63) is 12.7 Å². The van der Waals surface area contributed by atoms with E-state index in [4.69, 9.17) is 10.4 Å². The van der Waals surface area contributed by atoms with Crippen molar-refractivity contribution >= 4 is 5.97 Å². The Balaban J connectivity index is 0. The molecule has 0 radical (unpaired) electrons. The predicted molar refractivity (Wildman–Crippen MR) is 31.7 cm³/mol. The van der Waals surface area contributed by atoms with Crippen molar-refractivity contribution in [3.8, 4) is 0 Å². The minimum absolute atomic E-state index is 0.250. The molecule has 0 aliphatic heterocycles. The molecule has 0 rings (SSSR count). The number of carbonyl (C=O) groups excluding carboxylic acids is 1. The van der Waals surface area contributed by atoms with Crippen LogP contribution in [0.2, 0.25) is 0 Å². The maximum Gasteiger partial charge on any atom is 0.365 e. The molecule has 4 heteroatoms. The van der Waals surface area contributed by atoms with Gasteiger partial charge in [-0.2, -0.15) is 5.26 Å². The van der Waals surface area contributed by atoms with Crippen LogP contribution in [-0.2, 0) is 9.68 Å². The van der Waals surface area contributed by atoms with Crippen LogP contribution in [0.15, 0.2) is 12.7 Å². The Morgan fingerprint density at radius 1 is 1.89 bits per heavy atom. The lowest BCUT2D eigenvalue weighted by atomic mass is 10.7. The molecule has 0 spiro atoms. The number of hydrogen-bond acceptors (Lipinski definition) is 4. The Morgan fingerprint density at radius 2 is 2.22 bits per heavy atom. The summed E-state index contributed by atoms with van der Waals surface area (Å²) >= 11 is 0. The van der Waals surface area contributed by atoms with Crippen LogP contribution in [0.25, 0.3) is 0 Å². The third-order valence-electron chi connectivity index (χ3n) is 0.257. The van der Waals surface area contributed by atoms with Crippen molar-refractivity contribution in [1.29, 1.82) is 0 Å². The van der Waals surface area contributed by atoms with Crippen LogP contribution in [0.4, 0.5) is 0 Å². The normalized spacial score (nSPS) is 6.56. The monoisotopic (exact) mass is 134 g/mol. The molecule has 0 aromatic heterocycles.